The second-order valence-corrected chi connectivity index (χ2v) is 14.2. The van der Waals surface area contributed by atoms with Crippen LogP contribution in [0.4, 0.5) is 0 Å². The molecule has 0 aliphatic rings. The highest BCUT2D eigenvalue weighted by Gasteiger charge is 2.21. The number of hydrogen-bond donors (Lipinski definition) is 0. The van der Waals surface area contributed by atoms with Gasteiger partial charge in [0.15, 0.2) is 17.5 Å². The molecule has 11 rings (SSSR count). The van der Waals surface area contributed by atoms with Crippen LogP contribution in [-0.2, 0) is 0 Å². The number of nitrogens with zero attached hydrogens (tertiary/aromatic N) is 4. The molecule has 3 aromatic heterocycles. The zero-order chi connectivity index (χ0) is 34.2. The van der Waals surface area contributed by atoms with Gasteiger partial charge in [-0.25, -0.2) is 15.0 Å². The van der Waals surface area contributed by atoms with E-state index in [0.717, 1.165) is 27.1 Å². The van der Waals surface area contributed by atoms with E-state index in [2.05, 4.69) is 138 Å². The molecule has 11 aromatic rings. The maximum Gasteiger partial charge on any atom is 0.165 e. The van der Waals surface area contributed by atoms with Crippen molar-refractivity contribution < 1.29 is 0 Å². The summed E-state index contributed by atoms with van der Waals surface area (Å²) in [6.45, 7) is 0. The summed E-state index contributed by atoms with van der Waals surface area (Å²) in [4.78, 5) is 15.2. The van der Waals surface area contributed by atoms with Gasteiger partial charge in [0.1, 0.15) is 0 Å². The SMILES string of the molecule is c1ccc(-c2nc(-c3ccccc3)nc(-c3cccc4c3sc3c4ccc4c5ccccc5n(-c5ccc6c(ccc7ccccc76)c5)c43)n2)cc1. The first kappa shape index (κ1) is 29.1. The molecule has 0 saturated heterocycles. The Morgan fingerprint density at radius 3 is 1.75 bits per heavy atom. The second kappa shape index (κ2) is 11.4. The molecule has 3 heterocycles. The third-order valence-corrected chi connectivity index (χ3v) is 11.5. The predicted molar refractivity (Wildman–Crippen MR) is 218 cm³/mol. The molecule has 4 nitrogen and oxygen atoms in total. The van der Waals surface area contributed by atoms with Crippen molar-refractivity contribution in [3.63, 3.8) is 0 Å². The normalized spacial score (nSPS) is 11.8. The fourth-order valence-electron chi connectivity index (χ4n) is 7.82. The maximum absolute atomic E-state index is 5.11. The van der Waals surface area contributed by atoms with E-state index in [1.807, 2.05) is 47.7 Å². The Morgan fingerprint density at radius 1 is 0.385 bits per heavy atom. The molecule has 242 valence electrons. The fourth-order valence-corrected chi connectivity index (χ4v) is 9.16. The summed E-state index contributed by atoms with van der Waals surface area (Å²) in [5.74, 6) is 1.99. The van der Waals surface area contributed by atoms with Crippen molar-refractivity contribution in [2.45, 2.75) is 0 Å². The summed E-state index contributed by atoms with van der Waals surface area (Å²) in [5.41, 5.74) is 6.49. The lowest BCUT2D eigenvalue weighted by atomic mass is 10.0. The minimum Gasteiger partial charge on any atom is -0.308 e. The average molecular weight is 681 g/mol. The Hall–Kier alpha value is -6.69. The quantitative estimate of drug-likeness (QED) is 0.174. The van der Waals surface area contributed by atoms with E-state index >= 15 is 0 Å². The standard InChI is InChI=1S/C47H28N4S/c1-3-13-30(14-4-1)45-48-46(31-15-5-2-6-16-31)50-47(49-45)40-20-11-19-38-39-27-26-37-36-18-9-10-21-41(36)51(42(37)44(39)52-43(38)40)33-24-25-35-32(28-33)23-22-29-12-7-8-17-34(29)35/h1-28H. The summed E-state index contributed by atoms with van der Waals surface area (Å²) in [6, 6.07) is 60.2. The van der Waals surface area contributed by atoms with Crippen LogP contribution >= 0.6 is 11.3 Å². The van der Waals surface area contributed by atoms with Crippen molar-refractivity contribution in [3.05, 3.63) is 170 Å². The molecule has 0 spiro atoms. The molecule has 0 N–H and O–H groups in total. The van der Waals surface area contributed by atoms with Crippen LogP contribution in [0.15, 0.2) is 170 Å². The molecule has 0 saturated carbocycles. The summed E-state index contributed by atoms with van der Waals surface area (Å²) in [7, 11) is 0. The van der Waals surface area contributed by atoms with Gasteiger partial charge in [0, 0.05) is 48.6 Å². The molecule has 0 aliphatic carbocycles. The Bertz CT molecular complexity index is 3120. The largest absolute Gasteiger partial charge is 0.308 e. The van der Waals surface area contributed by atoms with Crippen LogP contribution in [-0.4, -0.2) is 19.5 Å². The molecule has 0 radical (unpaired) electrons. The van der Waals surface area contributed by atoms with Crippen molar-refractivity contribution >= 4 is 74.9 Å². The van der Waals surface area contributed by atoms with E-state index in [4.69, 9.17) is 15.0 Å². The Labute approximate surface area is 302 Å². The number of hydrogen-bond acceptors (Lipinski definition) is 4. The molecular formula is C47H28N4S. The van der Waals surface area contributed by atoms with Crippen molar-refractivity contribution in [2.24, 2.45) is 0 Å². The number of fused-ring (bicyclic) bond motifs is 10. The Morgan fingerprint density at radius 2 is 0.962 bits per heavy atom. The first-order chi connectivity index (χ1) is 25.8. The van der Waals surface area contributed by atoms with Crippen LogP contribution in [0.2, 0.25) is 0 Å². The van der Waals surface area contributed by atoms with Crippen molar-refractivity contribution in [1.29, 1.82) is 0 Å². The lowest BCUT2D eigenvalue weighted by Gasteiger charge is -2.11. The Balaban J connectivity index is 1.18. The monoisotopic (exact) mass is 680 g/mol. The molecule has 0 unspecified atom stereocenters. The number of benzene rings is 8. The molecule has 0 atom stereocenters. The van der Waals surface area contributed by atoms with Gasteiger partial charge in [0.25, 0.3) is 0 Å². The number of aromatic nitrogens is 4. The molecule has 5 heteroatoms. The van der Waals surface area contributed by atoms with E-state index in [9.17, 15) is 0 Å². The lowest BCUT2D eigenvalue weighted by molar-refractivity contribution is 1.08. The summed E-state index contributed by atoms with van der Waals surface area (Å²) in [5, 5.41) is 9.94. The number of para-hydroxylation sites is 1. The summed E-state index contributed by atoms with van der Waals surface area (Å²) in [6.07, 6.45) is 0. The summed E-state index contributed by atoms with van der Waals surface area (Å²) < 4.78 is 4.87. The highest BCUT2D eigenvalue weighted by atomic mass is 32.1. The highest BCUT2D eigenvalue weighted by molar-refractivity contribution is 7.27. The van der Waals surface area contributed by atoms with E-state index < -0.39 is 0 Å². The number of thiophene rings is 1. The fraction of sp³-hybridized carbons (Fsp3) is 0. The third kappa shape index (κ3) is 4.43. The van der Waals surface area contributed by atoms with Crippen LogP contribution in [0.25, 0.3) is 103 Å². The lowest BCUT2D eigenvalue weighted by Crippen LogP contribution is -2.00. The average Bonchev–Trinajstić information content (AvgIpc) is 3.77. The van der Waals surface area contributed by atoms with E-state index in [1.165, 1.54) is 58.8 Å². The molecule has 52 heavy (non-hydrogen) atoms. The van der Waals surface area contributed by atoms with Gasteiger partial charge < -0.3 is 4.57 Å². The van der Waals surface area contributed by atoms with Crippen LogP contribution in [0.1, 0.15) is 0 Å². The molecule has 0 aliphatic heterocycles. The van der Waals surface area contributed by atoms with Gasteiger partial charge in [0.2, 0.25) is 0 Å². The van der Waals surface area contributed by atoms with E-state index in [-0.39, 0.29) is 0 Å². The summed E-state index contributed by atoms with van der Waals surface area (Å²) >= 11 is 1.82. The van der Waals surface area contributed by atoms with Gasteiger partial charge in [0.05, 0.1) is 15.7 Å². The van der Waals surface area contributed by atoms with Crippen molar-refractivity contribution in [2.75, 3.05) is 0 Å². The van der Waals surface area contributed by atoms with E-state index in [0.29, 0.717) is 17.5 Å². The molecular weight excluding hydrogens is 653 g/mol. The second-order valence-electron chi connectivity index (χ2n) is 13.2. The number of rotatable bonds is 4. The predicted octanol–water partition coefficient (Wildman–Crippen LogP) is 12.6. The van der Waals surface area contributed by atoms with Gasteiger partial charge in [-0.3, -0.25) is 0 Å². The van der Waals surface area contributed by atoms with Crippen LogP contribution in [0.5, 0.6) is 0 Å². The van der Waals surface area contributed by atoms with Crippen molar-refractivity contribution in [3.8, 4) is 39.9 Å². The molecule has 0 bridgehead atoms. The van der Waals surface area contributed by atoms with Crippen LogP contribution < -0.4 is 0 Å². The van der Waals surface area contributed by atoms with Gasteiger partial charge in [-0.05, 0) is 45.8 Å². The first-order valence-electron chi connectivity index (χ1n) is 17.5. The van der Waals surface area contributed by atoms with Gasteiger partial charge in [-0.15, -0.1) is 11.3 Å². The molecule has 0 amide bonds. The minimum atomic E-state index is 0.661. The van der Waals surface area contributed by atoms with Gasteiger partial charge in [-0.2, -0.15) is 0 Å². The third-order valence-electron chi connectivity index (χ3n) is 10.2. The Kier molecular flexibility index (Phi) is 6.39. The smallest absolute Gasteiger partial charge is 0.165 e. The first-order valence-corrected chi connectivity index (χ1v) is 18.3. The zero-order valence-corrected chi connectivity index (χ0v) is 28.7. The minimum absolute atomic E-state index is 0.661. The molecule has 0 fully saturated rings. The topological polar surface area (TPSA) is 43.6 Å². The van der Waals surface area contributed by atoms with E-state index in [1.54, 1.807) is 0 Å². The van der Waals surface area contributed by atoms with Gasteiger partial charge in [-0.1, -0.05) is 146 Å². The highest BCUT2D eigenvalue weighted by Crippen LogP contribution is 2.45. The molecule has 8 aromatic carbocycles. The maximum atomic E-state index is 5.11. The van der Waals surface area contributed by atoms with Crippen molar-refractivity contribution in [1.82, 2.24) is 19.5 Å². The van der Waals surface area contributed by atoms with Crippen LogP contribution in [0.3, 0.4) is 0 Å². The van der Waals surface area contributed by atoms with Crippen LogP contribution in [0, 0.1) is 0 Å². The van der Waals surface area contributed by atoms with Gasteiger partial charge >= 0.3 is 0 Å². The zero-order valence-electron chi connectivity index (χ0n) is 27.9.